The number of carbonyl (C=O) groups is 1. The van der Waals surface area contributed by atoms with E-state index in [-0.39, 0.29) is 5.78 Å². The first-order chi connectivity index (χ1) is 9.15. The second kappa shape index (κ2) is 9.14. The van der Waals surface area contributed by atoms with Crippen molar-refractivity contribution in [2.45, 2.75) is 65.2 Å². The van der Waals surface area contributed by atoms with E-state index in [4.69, 9.17) is 11.6 Å². The van der Waals surface area contributed by atoms with Gasteiger partial charge in [-0.2, -0.15) is 0 Å². The van der Waals surface area contributed by atoms with Crippen molar-refractivity contribution in [1.82, 2.24) is 0 Å². The monoisotopic (exact) mass is 280 g/mol. The van der Waals surface area contributed by atoms with Crippen molar-refractivity contribution in [3.8, 4) is 0 Å². The third kappa shape index (κ3) is 6.24. The number of hydrogen-bond acceptors (Lipinski definition) is 1. The molecule has 1 aromatic rings. The van der Waals surface area contributed by atoms with Crippen LogP contribution < -0.4 is 0 Å². The molecule has 0 bridgehead atoms. The van der Waals surface area contributed by atoms with Crippen molar-refractivity contribution in [3.05, 3.63) is 34.3 Å². The molecule has 0 aliphatic heterocycles. The van der Waals surface area contributed by atoms with Gasteiger partial charge in [-0.1, -0.05) is 69.2 Å². The molecule has 1 nitrogen and oxygen atoms in total. The highest BCUT2D eigenvalue weighted by Crippen LogP contribution is 2.18. The maximum absolute atomic E-state index is 12.0. The molecule has 1 rings (SSSR count). The number of rotatable bonds is 9. The number of aryl methyl sites for hydroxylation is 1. The number of carbonyl (C=O) groups excluding carboxylic acids is 1. The molecule has 0 amide bonds. The molecule has 2 heteroatoms. The molecule has 0 unspecified atom stereocenters. The lowest BCUT2D eigenvalue weighted by molar-refractivity contribution is 0.0979. The predicted octanol–water partition coefficient (Wildman–Crippen LogP) is 5.97. The topological polar surface area (TPSA) is 17.1 Å². The molecule has 0 aromatic heterocycles. The van der Waals surface area contributed by atoms with Gasteiger partial charge in [-0.25, -0.2) is 0 Å². The molecule has 0 N–H and O–H groups in total. The number of Topliss-reactive ketones (excluding diaryl/α,β-unsaturated/α-hetero) is 1. The van der Waals surface area contributed by atoms with E-state index in [9.17, 15) is 4.79 Å². The molecular weight excluding hydrogens is 256 g/mol. The minimum atomic E-state index is 0.218. The van der Waals surface area contributed by atoms with Crippen LogP contribution in [0, 0.1) is 6.92 Å². The van der Waals surface area contributed by atoms with Gasteiger partial charge in [-0.15, -0.1) is 0 Å². The Morgan fingerprint density at radius 3 is 2.32 bits per heavy atom. The molecular formula is C17H25ClO. The van der Waals surface area contributed by atoms with Gasteiger partial charge in [-0.3, -0.25) is 4.79 Å². The summed E-state index contributed by atoms with van der Waals surface area (Å²) < 4.78 is 0. The van der Waals surface area contributed by atoms with Crippen LogP contribution in [0.15, 0.2) is 18.2 Å². The summed E-state index contributed by atoms with van der Waals surface area (Å²) >= 11 is 6.04. The van der Waals surface area contributed by atoms with Crippen LogP contribution in [0.25, 0.3) is 0 Å². The standard InChI is InChI=1S/C17H25ClO/c1-3-4-5-6-7-8-9-10-17(19)15-12-11-14(2)16(18)13-15/h11-13H,3-10H2,1-2H3. The van der Waals surface area contributed by atoms with Crippen LogP contribution in [0.2, 0.25) is 5.02 Å². The van der Waals surface area contributed by atoms with E-state index in [1.807, 2.05) is 19.1 Å². The maximum atomic E-state index is 12.0. The third-order valence-electron chi connectivity index (χ3n) is 3.50. The summed E-state index contributed by atoms with van der Waals surface area (Å²) in [6.07, 6.45) is 9.31. The fourth-order valence-electron chi connectivity index (χ4n) is 2.15. The zero-order valence-corrected chi connectivity index (χ0v) is 12.9. The summed E-state index contributed by atoms with van der Waals surface area (Å²) in [5.74, 6) is 0.218. The molecule has 0 aliphatic carbocycles. The van der Waals surface area contributed by atoms with E-state index in [0.29, 0.717) is 11.4 Å². The molecule has 0 aliphatic rings. The van der Waals surface area contributed by atoms with Crippen molar-refractivity contribution < 1.29 is 4.79 Å². The second-order valence-electron chi connectivity index (χ2n) is 5.26. The number of unbranched alkanes of at least 4 members (excludes halogenated alkanes) is 6. The summed E-state index contributed by atoms with van der Waals surface area (Å²) in [6, 6.07) is 5.59. The third-order valence-corrected chi connectivity index (χ3v) is 3.91. The van der Waals surface area contributed by atoms with Crippen LogP contribution in [-0.2, 0) is 0 Å². The van der Waals surface area contributed by atoms with Crippen LogP contribution in [0.4, 0.5) is 0 Å². The first-order valence-electron chi connectivity index (χ1n) is 7.44. The molecule has 106 valence electrons. The number of ketones is 1. The van der Waals surface area contributed by atoms with E-state index in [2.05, 4.69) is 6.92 Å². The second-order valence-corrected chi connectivity index (χ2v) is 5.67. The van der Waals surface area contributed by atoms with Crippen LogP contribution in [-0.4, -0.2) is 5.78 Å². The molecule has 1 aromatic carbocycles. The summed E-state index contributed by atoms with van der Waals surface area (Å²) in [4.78, 5) is 12.0. The predicted molar refractivity (Wildman–Crippen MR) is 83.1 cm³/mol. The average Bonchev–Trinajstić information content (AvgIpc) is 2.40. The summed E-state index contributed by atoms with van der Waals surface area (Å²) in [6.45, 7) is 4.18. The highest BCUT2D eigenvalue weighted by molar-refractivity contribution is 6.31. The van der Waals surface area contributed by atoms with Crippen LogP contribution in [0.1, 0.15) is 74.2 Å². The van der Waals surface area contributed by atoms with Crippen LogP contribution >= 0.6 is 11.6 Å². The fourth-order valence-corrected chi connectivity index (χ4v) is 2.33. The van der Waals surface area contributed by atoms with Gasteiger partial charge in [0, 0.05) is 17.0 Å². The Balaban J connectivity index is 2.22. The SMILES string of the molecule is CCCCCCCCCC(=O)c1ccc(C)c(Cl)c1. The highest BCUT2D eigenvalue weighted by Gasteiger charge is 2.07. The number of halogens is 1. The van der Waals surface area contributed by atoms with Crippen molar-refractivity contribution in [3.63, 3.8) is 0 Å². The molecule has 0 atom stereocenters. The van der Waals surface area contributed by atoms with Crippen LogP contribution in [0.3, 0.4) is 0 Å². The van der Waals surface area contributed by atoms with Gasteiger partial charge in [-0.05, 0) is 25.0 Å². The molecule has 19 heavy (non-hydrogen) atoms. The van der Waals surface area contributed by atoms with Crippen molar-refractivity contribution in [1.29, 1.82) is 0 Å². The van der Waals surface area contributed by atoms with Gasteiger partial charge < -0.3 is 0 Å². The lowest BCUT2D eigenvalue weighted by atomic mass is 10.0. The summed E-state index contributed by atoms with van der Waals surface area (Å²) in [7, 11) is 0. The fraction of sp³-hybridized carbons (Fsp3) is 0.588. The quantitative estimate of drug-likeness (QED) is 0.402. The number of benzene rings is 1. The zero-order chi connectivity index (χ0) is 14.1. The lowest BCUT2D eigenvalue weighted by Crippen LogP contribution is -1.99. The average molecular weight is 281 g/mol. The zero-order valence-electron chi connectivity index (χ0n) is 12.2. The molecule has 0 spiro atoms. The van der Waals surface area contributed by atoms with E-state index < -0.39 is 0 Å². The Bertz CT molecular complexity index is 398. The van der Waals surface area contributed by atoms with E-state index in [1.54, 1.807) is 6.07 Å². The minimum Gasteiger partial charge on any atom is -0.294 e. The van der Waals surface area contributed by atoms with Gasteiger partial charge in [0.2, 0.25) is 0 Å². The van der Waals surface area contributed by atoms with Crippen LogP contribution in [0.5, 0.6) is 0 Å². The lowest BCUT2D eigenvalue weighted by Gasteiger charge is -2.04. The molecule has 0 heterocycles. The minimum absolute atomic E-state index is 0.218. The maximum Gasteiger partial charge on any atom is 0.162 e. The van der Waals surface area contributed by atoms with E-state index in [0.717, 1.165) is 24.0 Å². The smallest absolute Gasteiger partial charge is 0.162 e. The van der Waals surface area contributed by atoms with Crippen molar-refractivity contribution in [2.75, 3.05) is 0 Å². The molecule has 0 saturated heterocycles. The molecule has 0 saturated carbocycles. The Morgan fingerprint density at radius 1 is 1.05 bits per heavy atom. The highest BCUT2D eigenvalue weighted by atomic mass is 35.5. The normalized spacial score (nSPS) is 10.7. The summed E-state index contributed by atoms with van der Waals surface area (Å²) in [5, 5.41) is 0.686. The van der Waals surface area contributed by atoms with Gasteiger partial charge in [0.05, 0.1) is 0 Å². The van der Waals surface area contributed by atoms with Gasteiger partial charge in [0.25, 0.3) is 0 Å². The largest absolute Gasteiger partial charge is 0.294 e. The Hall–Kier alpha value is -0.820. The number of hydrogen-bond donors (Lipinski definition) is 0. The van der Waals surface area contributed by atoms with Gasteiger partial charge in [0.1, 0.15) is 0 Å². The van der Waals surface area contributed by atoms with Crippen molar-refractivity contribution >= 4 is 17.4 Å². The van der Waals surface area contributed by atoms with Gasteiger partial charge in [0.15, 0.2) is 5.78 Å². The Morgan fingerprint density at radius 2 is 1.68 bits per heavy atom. The van der Waals surface area contributed by atoms with E-state index in [1.165, 1.54) is 32.1 Å². The molecule has 0 fully saturated rings. The van der Waals surface area contributed by atoms with Crippen molar-refractivity contribution in [2.24, 2.45) is 0 Å². The Kier molecular flexibility index (Phi) is 7.81. The Labute approximate surface area is 122 Å². The van der Waals surface area contributed by atoms with E-state index >= 15 is 0 Å². The first kappa shape index (κ1) is 16.2. The summed E-state index contributed by atoms with van der Waals surface area (Å²) in [5.41, 5.74) is 1.77. The first-order valence-corrected chi connectivity index (χ1v) is 7.82. The van der Waals surface area contributed by atoms with Gasteiger partial charge >= 0.3 is 0 Å². The molecule has 0 radical (unpaired) electrons.